The van der Waals surface area contributed by atoms with E-state index in [0.29, 0.717) is 12.8 Å². The summed E-state index contributed by atoms with van der Waals surface area (Å²) in [4.78, 5) is 23.5. The fourth-order valence-electron chi connectivity index (χ4n) is 1.89. The van der Waals surface area contributed by atoms with Gasteiger partial charge < -0.3 is 16.2 Å². The first-order valence-electron chi connectivity index (χ1n) is 6.38. The van der Waals surface area contributed by atoms with Crippen LogP contribution in [0.5, 0.6) is 0 Å². The number of hydrogen-bond acceptors (Lipinski definition) is 3. The summed E-state index contributed by atoms with van der Waals surface area (Å²) in [6.45, 7) is 9.37. The molecule has 0 bridgehead atoms. The van der Waals surface area contributed by atoms with Gasteiger partial charge in [-0.05, 0) is 18.3 Å². The Morgan fingerprint density at radius 1 is 1.22 bits per heavy atom. The monoisotopic (exact) mass is 258 g/mol. The average molecular weight is 258 g/mol. The first kappa shape index (κ1) is 16.9. The molecule has 0 aromatic carbocycles. The summed E-state index contributed by atoms with van der Waals surface area (Å²) in [5.41, 5.74) is 4.48. The first-order chi connectivity index (χ1) is 8.14. The van der Waals surface area contributed by atoms with Crippen molar-refractivity contribution in [3.8, 4) is 0 Å². The zero-order chi connectivity index (χ0) is 14.6. The van der Waals surface area contributed by atoms with Crippen molar-refractivity contribution in [2.24, 2.45) is 16.6 Å². The highest BCUT2D eigenvalue weighted by Crippen LogP contribution is 2.27. The van der Waals surface area contributed by atoms with E-state index < -0.39 is 22.8 Å². The molecular weight excluding hydrogens is 232 g/mol. The van der Waals surface area contributed by atoms with Crippen LogP contribution in [0.15, 0.2) is 0 Å². The normalized spacial score (nSPS) is 14.1. The van der Waals surface area contributed by atoms with Gasteiger partial charge in [0.2, 0.25) is 5.91 Å². The molecule has 0 aromatic heterocycles. The minimum Gasteiger partial charge on any atom is -0.480 e. The maximum Gasteiger partial charge on any atom is 0.326 e. The van der Waals surface area contributed by atoms with Crippen LogP contribution in [-0.4, -0.2) is 29.6 Å². The summed E-state index contributed by atoms with van der Waals surface area (Å²) in [7, 11) is 0. The Bertz CT molecular complexity index is 296. The number of nitrogens with two attached hydrogens (primary N) is 1. The van der Waals surface area contributed by atoms with Gasteiger partial charge in [-0.3, -0.25) is 4.79 Å². The van der Waals surface area contributed by atoms with Gasteiger partial charge in [0.15, 0.2) is 0 Å². The van der Waals surface area contributed by atoms with Crippen LogP contribution in [0.1, 0.15) is 47.5 Å². The van der Waals surface area contributed by atoms with Crippen LogP contribution < -0.4 is 11.1 Å². The molecule has 0 fully saturated rings. The molecule has 0 aliphatic carbocycles. The van der Waals surface area contributed by atoms with Crippen molar-refractivity contribution >= 4 is 11.9 Å². The maximum atomic E-state index is 12.3. The molecule has 106 valence electrons. The second kappa shape index (κ2) is 6.18. The van der Waals surface area contributed by atoms with Gasteiger partial charge in [0.05, 0.1) is 5.41 Å². The minimum atomic E-state index is -1.02. The van der Waals surface area contributed by atoms with Crippen LogP contribution in [-0.2, 0) is 9.59 Å². The smallest absolute Gasteiger partial charge is 0.326 e. The number of carbonyl (C=O) groups excluding carboxylic acids is 1. The molecule has 5 heteroatoms. The number of rotatable bonds is 6. The molecule has 0 saturated carbocycles. The van der Waals surface area contributed by atoms with E-state index in [1.165, 1.54) is 0 Å². The van der Waals surface area contributed by atoms with Crippen LogP contribution in [0.2, 0.25) is 0 Å². The number of aliphatic carboxylic acids is 1. The number of carbonyl (C=O) groups is 2. The molecule has 0 radical (unpaired) electrons. The van der Waals surface area contributed by atoms with Crippen LogP contribution in [0.25, 0.3) is 0 Å². The van der Waals surface area contributed by atoms with Crippen molar-refractivity contribution in [2.45, 2.75) is 53.5 Å². The van der Waals surface area contributed by atoms with Gasteiger partial charge in [0.25, 0.3) is 0 Å². The van der Waals surface area contributed by atoms with Crippen LogP contribution >= 0.6 is 0 Å². The topological polar surface area (TPSA) is 92.4 Å². The van der Waals surface area contributed by atoms with Gasteiger partial charge in [-0.25, -0.2) is 4.79 Å². The van der Waals surface area contributed by atoms with Crippen molar-refractivity contribution in [1.29, 1.82) is 0 Å². The van der Waals surface area contributed by atoms with Gasteiger partial charge in [0.1, 0.15) is 6.04 Å². The molecule has 0 rings (SSSR count). The number of amides is 1. The largest absolute Gasteiger partial charge is 0.480 e. The molecule has 5 nitrogen and oxygen atoms in total. The molecule has 0 saturated heterocycles. The molecule has 0 spiro atoms. The molecule has 0 unspecified atom stereocenters. The van der Waals surface area contributed by atoms with Crippen LogP contribution in [0.4, 0.5) is 0 Å². The molecule has 0 heterocycles. The SMILES string of the molecule is CCC(CC)(CN)C(=O)N[C@@H](C(=O)O)C(C)(C)C. The average Bonchev–Trinajstić information content (AvgIpc) is 2.27. The molecule has 0 aromatic rings. The Kier molecular flexibility index (Phi) is 5.80. The Morgan fingerprint density at radius 3 is 1.89 bits per heavy atom. The van der Waals surface area contributed by atoms with E-state index in [-0.39, 0.29) is 12.5 Å². The lowest BCUT2D eigenvalue weighted by atomic mass is 9.79. The maximum absolute atomic E-state index is 12.3. The standard InChI is InChI=1S/C13H26N2O3/c1-6-13(7-2,8-14)11(18)15-9(10(16)17)12(3,4)5/h9H,6-8,14H2,1-5H3,(H,15,18)(H,16,17)/t9-/m0/s1. The van der Waals surface area contributed by atoms with Gasteiger partial charge in [-0.15, -0.1) is 0 Å². The van der Waals surface area contributed by atoms with Gasteiger partial charge in [-0.2, -0.15) is 0 Å². The molecular formula is C13H26N2O3. The second-order valence-corrected chi connectivity index (χ2v) is 5.80. The van der Waals surface area contributed by atoms with Gasteiger partial charge in [-0.1, -0.05) is 34.6 Å². The van der Waals surface area contributed by atoms with E-state index in [9.17, 15) is 14.7 Å². The highest BCUT2D eigenvalue weighted by atomic mass is 16.4. The predicted molar refractivity (Wildman–Crippen MR) is 71.1 cm³/mol. The lowest BCUT2D eigenvalue weighted by Crippen LogP contribution is -2.55. The zero-order valence-electron chi connectivity index (χ0n) is 12.0. The van der Waals surface area contributed by atoms with E-state index in [0.717, 1.165) is 0 Å². The van der Waals surface area contributed by atoms with Crippen LogP contribution in [0.3, 0.4) is 0 Å². The lowest BCUT2D eigenvalue weighted by Gasteiger charge is -2.34. The zero-order valence-corrected chi connectivity index (χ0v) is 12.0. The Hall–Kier alpha value is -1.10. The van der Waals surface area contributed by atoms with E-state index in [2.05, 4.69) is 5.32 Å². The third kappa shape index (κ3) is 3.70. The fourth-order valence-corrected chi connectivity index (χ4v) is 1.89. The highest BCUT2D eigenvalue weighted by molar-refractivity contribution is 5.88. The van der Waals surface area contributed by atoms with Crippen molar-refractivity contribution in [3.05, 3.63) is 0 Å². The summed E-state index contributed by atoms with van der Waals surface area (Å²) in [6.07, 6.45) is 1.20. The van der Waals surface area contributed by atoms with Crippen molar-refractivity contribution in [1.82, 2.24) is 5.32 Å². The molecule has 18 heavy (non-hydrogen) atoms. The summed E-state index contributed by atoms with van der Waals surface area (Å²) in [6, 6.07) is -0.908. The number of nitrogens with one attached hydrogen (secondary N) is 1. The van der Waals surface area contributed by atoms with Gasteiger partial charge >= 0.3 is 5.97 Å². The fraction of sp³-hybridized carbons (Fsp3) is 0.846. The number of carboxylic acids is 1. The van der Waals surface area contributed by atoms with Crippen molar-refractivity contribution < 1.29 is 14.7 Å². The van der Waals surface area contributed by atoms with E-state index in [1.54, 1.807) is 20.8 Å². The Morgan fingerprint density at radius 2 is 1.67 bits per heavy atom. The van der Waals surface area contributed by atoms with E-state index in [1.807, 2.05) is 13.8 Å². The molecule has 1 atom stereocenters. The molecule has 0 aliphatic rings. The summed E-state index contributed by atoms with van der Waals surface area (Å²) < 4.78 is 0. The molecule has 4 N–H and O–H groups in total. The Balaban J connectivity index is 5.07. The molecule has 1 amide bonds. The first-order valence-corrected chi connectivity index (χ1v) is 6.38. The highest BCUT2D eigenvalue weighted by Gasteiger charge is 2.39. The van der Waals surface area contributed by atoms with E-state index >= 15 is 0 Å². The summed E-state index contributed by atoms with van der Waals surface area (Å²) in [5.74, 6) is -1.29. The van der Waals surface area contributed by atoms with Gasteiger partial charge in [0, 0.05) is 6.54 Å². The summed E-state index contributed by atoms with van der Waals surface area (Å²) in [5, 5.41) is 11.8. The third-order valence-electron chi connectivity index (χ3n) is 3.61. The number of hydrogen-bond donors (Lipinski definition) is 3. The second-order valence-electron chi connectivity index (χ2n) is 5.80. The van der Waals surface area contributed by atoms with E-state index in [4.69, 9.17) is 5.73 Å². The summed E-state index contributed by atoms with van der Waals surface area (Å²) >= 11 is 0. The lowest BCUT2D eigenvalue weighted by molar-refractivity contribution is -0.147. The van der Waals surface area contributed by atoms with Crippen molar-refractivity contribution in [2.75, 3.05) is 6.54 Å². The minimum absolute atomic E-state index is 0.225. The molecule has 0 aliphatic heterocycles. The number of carboxylic acid groups (broad SMARTS) is 1. The third-order valence-corrected chi connectivity index (χ3v) is 3.61. The van der Waals surface area contributed by atoms with Crippen LogP contribution in [0, 0.1) is 10.8 Å². The Labute approximate surface area is 109 Å². The van der Waals surface area contributed by atoms with Crippen molar-refractivity contribution in [3.63, 3.8) is 0 Å². The quantitative estimate of drug-likeness (QED) is 0.671. The predicted octanol–water partition coefficient (Wildman–Crippen LogP) is 1.37.